The van der Waals surface area contributed by atoms with Crippen molar-refractivity contribution in [1.29, 1.82) is 0 Å². The van der Waals surface area contributed by atoms with Crippen LogP contribution in [-0.4, -0.2) is 72.3 Å². The molecule has 3 heterocycles. The van der Waals surface area contributed by atoms with Crippen LogP contribution in [0.5, 0.6) is 6.01 Å². The molecule has 0 bridgehead atoms. The summed E-state index contributed by atoms with van der Waals surface area (Å²) in [5, 5.41) is 0. The van der Waals surface area contributed by atoms with Crippen LogP contribution in [0.4, 0.5) is 11.4 Å². The Kier molecular flexibility index (Phi) is 5.67. The lowest BCUT2D eigenvalue weighted by molar-refractivity contribution is -0.131. The number of carbonyl (C=O) groups is 3. The first-order valence-corrected chi connectivity index (χ1v) is 11.0. The number of aromatic nitrogens is 2. The topological polar surface area (TPSA) is 95.9 Å². The Balaban J connectivity index is 1.26. The van der Waals surface area contributed by atoms with Crippen molar-refractivity contribution in [2.24, 2.45) is 0 Å². The van der Waals surface area contributed by atoms with Crippen molar-refractivity contribution in [2.45, 2.75) is 0 Å². The third-order valence-electron chi connectivity index (χ3n) is 6.17. The van der Waals surface area contributed by atoms with E-state index in [1.807, 2.05) is 24.3 Å². The number of carbonyl (C=O) groups excluding carboxylic acids is 3. The molecular formula is C25H23N5O4. The van der Waals surface area contributed by atoms with E-state index < -0.39 is 11.7 Å². The molecule has 1 aromatic heterocycles. The first-order chi connectivity index (χ1) is 16.6. The Hall–Kier alpha value is -4.27. The highest BCUT2D eigenvalue weighted by atomic mass is 16.5. The van der Waals surface area contributed by atoms with Gasteiger partial charge in [0.2, 0.25) is 5.91 Å². The Morgan fingerprint density at radius 1 is 0.882 bits per heavy atom. The predicted molar refractivity (Wildman–Crippen MR) is 126 cm³/mol. The molecule has 2 aromatic carbocycles. The molecule has 1 saturated heterocycles. The largest absolute Gasteiger partial charge is 0.467 e. The van der Waals surface area contributed by atoms with Crippen LogP contribution >= 0.6 is 0 Å². The van der Waals surface area contributed by atoms with Gasteiger partial charge in [0, 0.05) is 55.4 Å². The van der Waals surface area contributed by atoms with Gasteiger partial charge in [-0.05, 0) is 18.2 Å². The molecule has 0 spiro atoms. The highest BCUT2D eigenvalue weighted by Crippen LogP contribution is 2.31. The molecule has 0 aliphatic carbocycles. The Morgan fingerprint density at radius 2 is 1.50 bits per heavy atom. The monoisotopic (exact) mass is 457 g/mol. The fourth-order valence-corrected chi connectivity index (χ4v) is 4.39. The van der Waals surface area contributed by atoms with Gasteiger partial charge in [0.25, 0.3) is 11.7 Å². The van der Waals surface area contributed by atoms with Gasteiger partial charge in [-0.15, -0.1) is 0 Å². The minimum absolute atomic E-state index is 0.138. The Bertz CT molecular complexity index is 1250. The van der Waals surface area contributed by atoms with Crippen molar-refractivity contribution < 1.29 is 19.1 Å². The number of fused-ring (bicyclic) bond motifs is 1. The van der Waals surface area contributed by atoms with E-state index in [0.717, 1.165) is 16.8 Å². The number of ether oxygens (including phenoxy) is 1. The van der Waals surface area contributed by atoms with E-state index in [4.69, 9.17) is 4.74 Å². The van der Waals surface area contributed by atoms with E-state index in [9.17, 15) is 14.4 Å². The van der Waals surface area contributed by atoms with Crippen molar-refractivity contribution in [2.75, 3.05) is 49.6 Å². The number of hydrogen-bond donors (Lipinski definition) is 0. The average molecular weight is 457 g/mol. The predicted octanol–water partition coefficient (Wildman–Crippen LogP) is 2.03. The van der Waals surface area contributed by atoms with Gasteiger partial charge in [-0.2, -0.15) is 0 Å². The van der Waals surface area contributed by atoms with E-state index in [1.54, 1.807) is 41.6 Å². The van der Waals surface area contributed by atoms with Crippen molar-refractivity contribution >= 4 is 29.0 Å². The molecule has 2 aliphatic rings. The van der Waals surface area contributed by atoms with Crippen LogP contribution in [0, 0.1) is 0 Å². The van der Waals surface area contributed by atoms with E-state index >= 15 is 0 Å². The molecule has 0 atom stereocenters. The van der Waals surface area contributed by atoms with Gasteiger partial charge in [0.05, 0.1) is 18.4 Å². The number of Topliss-reactive ketones (excluding diaryl/α,β-unsaturated/α-hetero) is 1. The molecule has 172 valence electrons. The molecule has 2 amide bonds. The quantitative estimate of drug-likeness (QED) is 0.541. The van der Waals surface area contributed by atoms with Crippen LogP contribution in [0.15, 0.2) is 60.9 Å². The van der Waals surface area contributed by atoms with Gasteiger partial charge >= 0.3 is 6.01 Å². The summed E-state index contributed by atoms with van der Waals surface area (Å²) in [6.45, 7) is 2.18. The van der Waals surface area contributed by atoms with Crippen LogP contribution in [0.1, 0.15) is 10.4 Å². The summed E-state index contributed by atoms with van der Waals surface area (Å²) in [5.74, 6) is -1.38. The smallest absolute Gasteiger partial charge is 0.316 e. The van der Waals surface area contributed by atoms with Gasteiger partial charge in [-0.3, -0.25) is 19.3 Å². The Labute approximate surface area is 196 Å². The maximum absolute atomic E-state index is 13.0. The zero-order chi connectivity index (χ0) is 23.7. The lowest BCUT2D eigenvalue weighted by Gasteiger charge is -2.37. The highest BCUT2D eigenvalue weighted by molar-refractivity contribution is 6.52. The number of nitrogens with zero attached hydrogens (tertiary/aromatic N) is 5. The number of amides is 2. The molecule has 3 aromatic rings. The second-order valence-corrected chi connectivity index (χ2v) is 8.08. The number of anilines is 2. The van der Waals surface area contributed by atoms with E-state index in [2.05, 4.69) is 14.9 Å². The van der Waals surface area contributed by atoms with Crippen LogP contribution < -0.4 is 14.5 Å². The summed E-state index contributed by atoms with van der Waals surface area (Å²) in [7, 11) is 1.53. The van der Waals surface area contributed by atoms with Crippen molar-refractivity contribution in [1.82, 2.24) is 14.9 Å². The van der Waals surface area contributed by atoms with Gasteiger partial charge in [-0.25, -0.2) is 9.97 Å². The molecule has 0 saturated carbocycles. The molecule has 0 N–H and O–H groups in total. The van der Waals surface area contributed by atoms with Crippen molar-refractivity contribution in [3.05, 3.63) is 66.5 Å². The molecular weight excluding hydrogens is 434 g/mol. The zero-order valence-corrected chi connectivity index (χ0v) is 18.7. The minimum atomic E-state index is -0.649. The molecule has 0 unspecified atom stereocenters. The SMILES string of the molecule is COc1ncc(-c2ccccc2N2CCN(C(=O)CN3C(=O)C(=O)c4ccccc43)CC2)cn1. The van der Waals surface area contributed by atoms with Gasteiger partial charge in [0.1, 0.15) is 6.54 Å². The van der Waals surface area contributed by atoms with Crippen LogP contribution in [0.2, 0.25) is 0 Å². The molecule has 1 fully saturated rings. The minimum Gasteiger partial charge on any atom is -0.467 e. The summed E-state index contributed by atoms with van der Waals surface area (Å²) in [6, 6.07) is 15.1. The number of rotatable bonds is 5. The lowest BCUT2D eigenvalue weighted by Crippen LogP contribution is -2.52. The van der Waals surface area contributed by atoms with Crippen molar-refractivity contribution in [3.8, 4) is 17.1 Å². The number of benzene rings is 2. The molecule has 34 heavy (non-hydrogen) atoms. The molecule has 2 aliphatic heterocycles. The summed E-state index contributed by atoms with van der Waals surface area (Å²) in [4.78, 5) is 51.3. The standard InChI is InChI=1S/C25H23N5O4/c1-34-25-26-14-17(15-27-25)18-6-2-4-8-20(18)28-10-12-29(13-11-28)22(31)16-30-21-9-5-3-7-19(21)23(32)24(30)33/h2-9,14-15H,10-13,16H2,1H3. The van der Waals surface area contributed by atoms with Gasteiger partial charge in [-0.1, -0.05) is 30.3 Å². The third-order valence-corrected chi connectivity index (χ3v) is 6.17. The third kappa shape index (κ3) is 3.85. The van der Waals surface area contributed by atoms with Crippen LogP contribution in [0.25, 0.3) is 11.1 Å². The van der Waals surface area contributed by atoms with Crippen LogP contribution in [-0.2, 0) is 9.59 Å². The molecule has 0 radical (unpaired) electrons. The van der Waals surface area contributed by atoms with E-state index in [-0.39, 0.29) is 12.5 Å². The number of ketones is 1. The first kappa shape index (κ1) is 21.6. The number of piperazine rings is 1. The van der Waals surface area contributed by atoms with E-state index in [0.29, 0.717) is 43.4 Å². The first-order valence-electron chi connectivity index (χ1n) is 11.0. The number of hydrogen-bond acceptors (Lipinski definition) is 7. The summed E-state index contributed by atoms with van der Waals surface area (Å²) >= 11 is 0. The highest BCUT2D eigenvalue weighted by Gasteiger charge is 2.37. The fourth-order valence-electron chi connectivity index (χ4n) is 4.39. The fraction of sp³-hybridized carbons (Fsp3) is 0.240. The second kappa shape index (κ2) is 8.93. The number of para-hydroxylation sites is 2. The Morgan fingerprint density at radius 3 is 2.18 bits per heavy atom. The molecule has 5 rings (SSSR count). The van der Waals surface area contributed by atoms with Gasteiger partial charge in [0.15, 0.2) is 0 Å². The second-order valence-electron chi connectivity index (χ2n) is 8.08. The van der Waals surface area contributed by atoms with Crippen LogP contribution in [0.3, 0.4) is 0 Å². The maximum Gasteiger partial charge on any atom is 0.316 e. The van der Waals surface area contributed by atoms with Gasteiger partial charge < -0.3 is 14.5 Å². The maximum atomic E-state index is 13.0. The summed E-state index contributed by atoms with van der Waals surface area (Å²) < 4.78 is 5.05. The lowest BCUT2D eigenvalue weighted by atomic mass is 10.1. The summed E-state index contributed by atoms with van der Waals surface area (Å²) in [5.41, 5.74) is 3.77. The zero-order valence-electron chi connectivity index (χ0n) is 18.7. The molecule has 9 heteroatoms. The average Bonchev–Trinajstić information content (AvgIpc) is 3.14. The number of methoxy groups -OCH3 is 1. The normalized spacial score (nSPS) is 15.5. The molecule has 9 nitrogen and oxygen atoms in total. The van der Waals surface area contributed by atoms with E-state index in [1.165, 1.54) is 12.0 Å². The van der Waals surface area contributed by atoms with Crippen molar-refractivity contribution in [3.63, 3.8) is 0 Å². The summed E-state index contributed by atoms with van der Waals surface area (Å²) in [6.07, 6.45) is 3.47.